The van der Waals surface area contributed by atoms with Crippen LogP contribution in [0.15, 0.2) is 0 Å². The van der Waals surface area contributed by atoms with Crippen molar-refractivity contribution in [1.29, 1.82) is 0 Å². The van der Waals surface area contributed by atoms with Gasteiger partial charge in [0.1, 0.15) is 5.60 Å². The van der Waals surface area contributed by atoms with Crippen molar-refractivity contribution in [2.75, 3.05) is 40.0 Å². The van der Waals surface area contributed by atoms with Crippen molar-refractivity contribution in [2.45, 2.75) is 44.2 Å². The predicted octanol–water partition coefficient (Wildman–Crippen LogP) is -0.472. The standard InChI is InChI=1S/C13H27NO5/c1-10(7-17-3)19-8-12(15)6-14-9-13(16)4-5-18-11(13)2/h10-12,14-16H,4-9H2,1-3H3. The highest BCUT2D eigenvalue weighted by molar-refractivity contribution is 4.91. The molecule has 0 saturated carbocycles. The molecule has 0 spiro atoms. The molecule has 0 bridgehead atoms. The minimum absolute atomic E-state index is 0.0351. The van der Waals surface area contributed by atoms with Gasteiger partial charge in [0, 0.05) is 33.2 Å². The van der Waals surface area contributed by atoms with Gasteiger partial charge in [-0.3, -0.25) is 0 Å². The number of aliphatic hydroxyl groups is 2. The zero-order valence-corrected chi connectivity index (χ0v) is 12.1. The third-order valence-electron chi connectivity index (χ3n) is 3.45. The summed E-state index contributed by atoms with van der Waals surface area (Å²) in [5.41, 5.74) is -0.829. The molecule has 0 aromatic rings. The van der Waals surface area contributed by atoms with Gasteiger partial charge in [0.2, 0.25) is 0 Å². The molecule has 1 heterocycles. The third kappa shape index (κ3) is 5.72. The summed E-state index contributed by atoms with van der Waals surface area (Å²) in [6.45, 7) is 5.90. The van der Waals surface area contributed by atoms with Gasteiger partial charge in [-0.2, -0.15) is 0 Å². The maximum absolute atomic E-state index is 10.2. The molecule has 0 aliphatic carbocycles. The van der Waals surface area contributed by atoms with E-state index < -0.39 is 11.7 Å². The van der Waals surface area contributed by atoms with Crippen molar-refractivity contribution in [3.63, 3.8) is 0 Å². The molecule has 4 atom stereocenters. The molecule has 19 heavy (non-hydrogen) atoms. The maximum Gasteiger partial charge on any atom is 0.105 e. The van der Waals surface area contributed by atoms with Crippen LogP contribution in [-0.2, 0) is 14.2 Å². The van der Waals surface area contributed by atoms with Crippen LogP contribution in [0.5, 0.6) is 0 Å². The second kappa shape index (κ2) is 8.14. The van der Waals surface area contributed by atoms with Crippen LogP contribution in [0.4, 0.5) is 0 Å². The maximum atomic E-state index is 10.2. The number of aliphatic hydroxyl groups excluding tert-OH is 1. The van der Waals surface area contributed by atoms with E-state index in [1.807, 2.05) is 13.8 Å². The quantitative estimate of drug-likeness (QED) is 0.529. The number of ether oxygens (including phenoxy) is 3. The Balaban J connectivity index is 2.11. The van der Waals surface area contributed by atoms with Gasteiger partial charge in [0.05, 0.1) is 31.5 Å². The molecular formula is C13H27NO5. The van der Waals surface area contributed by atoms with Crippen LogP contribution in [-0.4, -0.2) is 74.1 Å². The summed E-state index contributed by atoms with van der Waals surface area (Å²) in [7, 11) is 1.61. The number of hydrogen-bond acceptors (Lipinski definition) is 6. The van der Waals surface area contributed by atoms with E-state index >= 15 is 0 Å². The summed E-state index contributed by atoms with van der Waals surface area (Å²) in [5.74, 6) is 0. The van der Waals surface area contributed by atoms with Crippen LogP contribution < -0.4 is 5.32 Å². The van der Waals surface area contributed by atoms with Gasteiger partial charge in [-0.15, -0.1) is 0 Å². The van der Waals surface area contributed by atoms with Crippen LogP contribution in [0.25, 0.3) is 0 Å². The third-order valence-corrected chi connectivity index (χ3v) is 3.45. The Kier molecular flexibility index (Phi) is 7.20. The van der Waals surface area contributed by atoms with Gasteiger partial charge >= 0.3 is 0 Å². The summed E-state index contributed by atoms with van der Waals surface area (Å²) in [4.78, 5) is 0. The predicted molar refractivity (Wildman–Crippen MR) is 71.1 cm³/mol. The molecule has 1 rings (SSSR count). The fourth-order valence-electron chi connectivity index (χ4n) is 2.08. The van der Waals surface area contributed by atoms with Crippen molar-refractivity contribution in [3.05, 3.63) is 0 Å². The van der Waals surface area contributed by atoms with Gasteiger partial charge in [-0.1, -0.05) is 0 Å². The summed E-state index contributed by atoms with van der Waals surface area (Å²) in [6.07, 6.45) is -0.179. The highest BCUT2D eigenvalue weighted by Gasteiger charge is 2.39. The number of rotatable bonds is 9. The Labute approximate surface area is 115 Å². The number of methoxy groups -OCH3 is 1. The Morgan fingerprint density at radius 2 is 2.21 bits per heavy atom. The monoisotopic (exact) mass is 277 g/mol. The average Bonchev–Trinajstić information content (AvgIpc) is 2.68. The molecule has 0 aromatic heterocycles. The second-order valence-corrected chi connectivity index (χ2v) is 5.25. The van der Waals surface area contributed by atoms with Gasteiger partial charge in [-0.25, -0.2) is 0 Å². The lowest BCUT2D eigenvalue weighted by Crippen LogP contribution is -2.47. The van der Waals surface area contributed by atoms with E-state index in [1.165, 1.54) is 0 Å². The first-order chi connectivity index (χ1) is 8.98. The van der Waals surface area contributed by atoms with Gasteiger partial charge in [-0.05, 0) is 13.8 Å². The molecule has 0 amide bonds. The molecule has 1 saturated heterocycles. The fourth-order valence-corrected chi connectivity index (χ4v) is 2.08. The molecule has 6 heteroatoms. The van der Waals surface area contributed by atoms with Crippen LogP contribution in [0.2, 0.25) is 0 Å². The smallest absolute Gasteiger partial charge is 0.105 e. The molecule has 4 unspecified atom stereocenters. The molecule has 1 aliphatic heterocycles. The van der Waals surface area contributed by atoms with Crippen LogP contribution in [0, 0.1) is 0 Å². The second-order valence-electron chi connectivity index (χ2n) is 5.25. The van der Waals surface area contributed by atoms with Crippen molar-refractivity contribution in [2.24, 2.45) is 0 Å². The molecule has 0 radical (unpaired) electrons. The van der Waals surface area contributed by atoms with Crippen LogP contribution in [0.3, 0.4) is 0 Å². The zero-order valence-electron chi connectivity index (χ0n) is 12.1. The van der Waals surface area contributed by atoms with E-state index in [0.717, 1.165) is 0 Å². The Morgan fingerprint density at radius 3 is 2.79 bits per heavy atom. The van der Waals surface area contributed by atoms with Crippen LogP contribution in [0.1, 0.15) is 20.3 Å². The molecule has 0 aromatic carbocycles. The molecule has 3 N–H and O–H groups in total. The largest absolute Gasteiger partial charge is 0.389 e. The first kappa shape index (κ1) is 16.8. The Hall–Kier alpha value is -0.240. The van der Waals surface area contributed by atoms with Crippen molar-refractivity contribution >= 4 is 0 Å². The normalized spacial score (nSPS) is 30.5. The lowest BCUT2D eigenvalue weighted by atomic mass is 9.97. The topological polar surface area (TPSA) is 80.2 Å². The van der Waals surface area contributed by atoms with E-state index in [0.29, 0.717) is 32.7 Å². The lowest BCUT2D eigenvalue weighted by molar-refractivity contribution is -0.0399. The average molecular weight is 277 g/mol. The summed E-state index contributed by atoms with van der Waals surface area (Å²) in [6, 6.07) is 0. The minimum atomic E-state index is -0.829. The van der Waals surface area contributed by atoms with Crippen LogP contribution >= 0.6 is 0 Å². The minimum Gasteiger partial charge on any atom is -0.389 e. The Bertz CT molecular complexity index is 253. The van der Waals surface area contributed by atoms with E-state index in [9.17, 15) is 10.2 Å². The van der Waals surface area contributed by atoms with E-state index in [1.54, 1.807) is 7.11 Å². The molecule has 114 valence electrons. The molecule has 1 aliphatic rings. The first-order valence-corrected chi connectivity index (χ1v) is 6.81. The van der Waals surface area contributed by atoms with Gasteiger partial charge < -0.3 is 29.7 Å². The zero-order chi connectivity index (χ0) is 14.3. The lowest BCUT2D eigenvalue weighted by Gasteiger charge is -2.27. The summed E-state index contributed by atoms with van der Waals surface area (Å²) < 4.78 is 15.7. The Morgan fingerprint density at radius 1 is 1.47 bits per heavy atom. The first-order valence-electron chi connectivity index (χ1n) is 6.81. The van der Waals surface area contributed by atoms with Crippen molar-refractivity contribution in [3.8, 4) is 0 Å². The SMILES string of the molecule is COCC(C)OCC(O)CNCC1(O)CCOC1C. The molecular weight excluding hydrogens is 250 g/mol. The van der Waals surface area contributed by atoms with E-state index in [-0.39, 0.29) is 18.8 Å². The van der Waals surface area contributed by atoms with Crippen molar-refractivity contribution in [1.82, 2.24) is 5.32 Å². The van der Waals surface area contributed by atoms with Gasteiger partial charge in [0.15, 0.2) is 0 Å². The summed E-state index contributed by atoms with van der Waals surface area (Å²) >= 11 is 0. The number of hydrogen-bond donors (Lipinski definition) is 3. The highest BCUT2D eigenvalue weighted by atomic mass is 16.5. The molecule has 1 fully saturated rings. The number of nitrogens with one attached hydrogen (secondary N) is 1. The van der Waals surface area contributed by atoms with Gasteiger partial charge in [0.25, 0.3) is 0 Å². The van der Waals surface area contributed by atoms with Crippen molar-refractivity contribution < 1.29 is 24.4 Å². The fraction of sp³-hybridized carbons (Fsp3) is 1.00. The van der Waals surface area contributed by atoms with E-state index in [4.69, 9.17) is 14.2 Å². The highest BCUT2D eigenvalue weighted by Crippen LogP contribution is 2.24. The molecule has 6 nitrogen and oxygen atoms in total. The summed E-state index contributed by atoms with van der Waals surface area (Å²) in [5, 5.41) is 23.1. The van der Waals surface area contributed by atoms with E-state index in [2.05, 4.69) is 5.32 Å².